The van der Waals surface area contributed by atoms with Gasteiger partial charge in [-0.25, -0.2) is 4.39 Å². The molecule has 20 heavy (non-hydrogen) atoms. The fraction of sp³-hybridized carbons (Fsp3) is 0. The first-order valence-electron chi connectivity index (χ1n) is 5.67. The van der Waals surface area contributed by atoms with E-state index in [0.29, 0.717) is 17.1 Å². The summed E-state index contributed by atoms with van der Waals surface area (Å²) in [4.78, 5) is 22.9. The van der Waals surface area contributed by atoms with Crippen LogP contribution in [0.2, 0.25) is 5.02 Å². The lowest BCUT2D eigenvalue weighted by molar-refractivity contribution is 0.0879. The van der Waals surface area contributed by atoms with Gasteiger partial charge in [-0.3, -0.25) is 14.9 Å². The number of imide groups is 1. The number of benzene rings is 2. The first-order valence-corrected chi connectivity index (χ1v) is 6.05. The van der Waals surface area contributed by atoms with E-state index in [1.807, 2.05) is 0 Å². The predicted octanol–water partition coefficient (Wildman–Crippen LogP) is 3.16. The Morgan fingerprint density at radius 2 is 1.60 bits per heavy atom. The molecule has 2 aromatic rings. The molecule has 4 nitrogen and oxygen atoms in total. The number of carbonyl (C=O) groups excluding carboxylic acids is 2. The van der Waals surface area contributed by atoms with E-state index in [1.54, 1.807) is 6.07 Å². The molecule has 1 N–H and O–H groups in total. The molecule has 0 atom stereocenters. The van der Waals surface area contributed by atoms with Gasteiger partial charge in [-0.2, -0.15) is 0 Å². The lowest BCUT2D eigenvalue weighted by atomic mass is 10.1. The molecule has 100 valence electrons. The number of fused-ring (bicyclic) bond motifs is 1. The Morgan fingerprint density at radius 1 is 0.950 bits per heavy atom. The molecule has 1 aliphatic rings. The van der Waals surface area contributed by atoms with Crippen molar-refractivity contribution in [2.75, 3.05) is 0 Å². The molecule has 1 aliphatic heterocycles. The summed E-state index contributed by atoms with van der Waals surface area (Å²) in [5, 5.41) is 2.13. The van der Waals surface area contributed by atoms with Crippen LogP contribution in [0.3, 0.4) is 0 Å². The summed E-state index contributed by atoms with van der Waals surface area (Å²) in [6, 6.07) is 8.42. The molecule has 0 spiro atoms. The van der Waals surface area contributed by atoms with E-state index in [9.17, 15) is 14.0 Å². The van der Waals surface area contributed by atoms with E-state index in [4.69, 9.17) is 16.3 Å². The summed E-state index contributed by atoms with van der Waals surface area (Å²) in [6.45, 7) is 0. The normalized spacial score (nSPS) is 13.1. The molecule has 0 bridgehead atoms. The maximum absolute atomic E-state index is 13.0. The number of rotatable bonds is 2. The third-order valence-corrected chi connectivity index (χ3v) is 3.12. The second-order valence-corrected chi connectivity index (χ2v) is 4.58. The molecule has 0 fully saturated rings. The minimum atomic E-state index is -0.544. The number of nitrogens with one attached hydrogen (secondary N) is 1. The first-order chi connectivity index (χ1) is 9.54. The fourth-order valence-corrected chi connectivity index (χ4v) is 2.06. The smallest absolute Gasteiger partial charge is 0.259 e. The van der Waals surface area contributed by atoms with Crippen molar-refractivity contribution in [3.8, 4) is 11.5 Å². The molecule has 0 unspecified atom stereocenters. The van der Waals surface area contributed by atoms with Crippen molar-refractivity contribution >= 4 is 23.4 Å². The summed E-state index contributed by atoms with van der Waals surface area (Å²) in [7, 11) is 0. The molecule has 0 aliphatic carbocycles. The summed E-state index contributed by atoms with van der Waals surface area (Å²) in [5.41, 5.74) is 0.556. The molecule has 2 aromatic carbocycles. The van der Waals surface area contributed by atoms with E-state index in [2.05, 4.69) is 5.32 Å². The summed E-state index contributed by atoms with van der Waals surface area (Å²) >= 11 is 5.65. The largest absolute Gasteiger partial charge is 0.457 e. The molecule has 6 heteroatoms. The highest BCUT2D eigenvalue weighted by Crippen LogP contribution is 2.28. The van der Waals surface area contributed by atoms with Crippen LogP contribution in [-0.4, -0.2) is 11.8 Å². The van der Waals surface area contributed by atoms with E-state index in [0.717, 1.165) is 0 Å². The van der Waals surface area contributed by atoms with Gasteiger partial charge in [0, 0.05) is 6.07 Å². The summed E-state index contributed by atoms with van der Waals surface area (Å²) in [5.74, 6) is -0.746. The van der Waals surface area contributed by atoms with Gasteiger partial charge < -0.3 is 4.74 Å². The lowest BCUT2D eigenvalue weighted by Gasteiger charge is -2.07. The quantitative estimate of drug-likeness (QED) is 0.865. The summed E-state index contributed by atoms with van der Waals surface area (Å²) in [6.07, 6.45) is 0. The zero-order chi connectivity index (χ0) is 14.3. The molecule has 0 radical (unpaired) electrons. The molecular weight excluding hydrogens is 285 g/mol. The average Bonchev–Trinajstić information content (AvgIpc) is 2.69. The van der Waals surface area contributed by atoms with Crippen molar-refractivity contribution in [1.82, 2.24) is 5.32 Å². The van der Waals surface area contributed by atoms with Crippen LogP contribution in [-0.2, 0) is 0 Å². The molecular formula is C14H7ClFNO3. The number of amides is 2. The zero-order valence-electron chi connectivity index (χ0n) is 9.94. The van der Waals surface area contributed by atoms with Gasteiger partial charge in [-0.05, 0) is 30.3 Å². The van der Waals surface area contributed by atoms with Crippen LogP contribution in [0.5, 0.6) is 11.5 Å². The molecule has 0 saturated carbocycles. The number of carbonyl (C=O) groups is 2. The second kappa shape index (κ2) is 4.61. The van der Waals surface area contributed by atoms with Crippen LogP contribution in [0, 0.1) is 5.82 Å². The van der Waals surface area contributed by atoms with Crippen LogP contribution in [0.25, 0.3) is 0 Å². The number of hydrogen-bond donors (Lipinski definition) is 1. The van der Waals surface area contributed by atoms with Crippen molar-refractivity contribution in [2.24, 2.45) is 0 Å². The van der Waals surface area contributed by atoms with Gasteiger partial charge in [0.25, 0.3) is 11.8 Å². The maximum atomic E-state index is 13.0. The van der Waals surface area contributed by atoms with Gasteiger partial charge in [0.1, 0.15) is 17.3 Å². The van der Waals surface area contributed by atoms with Crippen molar-refractivity contribution in [3.63, 3.8) is 0 Å². The minimum Gasteiger partial charge on any atom is -0.457 e. The monoisotopic (exact) mass is 291 g/mol. The Balaban J connectivity index is 1.92. The average molecular weight is 292 g/mol. The van der Waals surface area contributed by atoms with Crippen molar-refractivity contribution in [3.05, 3.63) is 58.4 Å². The predicted molar refractivity (Wildman–Crippen MR) is 69.7 cm³/mol. The van der Waals surface area contributed by atoms with Crippen molar-refractivity contribution < 1.29 is 18.7 Å². The first kappa shape index (κ1) is 12.6. The Hall–Kier alpha value is -2.40. The molecule has 2 amide bonds. The Morgan fingerprint density at radius 3 is 2.35 bits per heavy atom. The highest BCUT2D eigenvalue weighted by atomic mass is 35.5. The Labute approximate surface area is 118 Å². The van der Waals surface area contributed by atoms with Crippen LogP contribution < -0.4 is 10.1 Å². The number of ether oxygens (including phenoxy) is 1. The van der Waals surface area contributed by atoms with Crippen molar-refractivity contribution in [1.29, 1.82) is 0 Å². The SMILES string of the molecule is O=C1NC(=O)c2cc(Oc3ccc(F)c(Cl)c3)ccc21. The van der Waals surface area contributed by atoms with E-state index in [-0.39, 0.29) is 10.6 Å². The van der Waals surface area contributed by atoms with Crippen LogP contribution in [0.1, 0.15) is 20.7 Å². The third-order valence-electron chi connectivity index (χ3n) is 2.83. The van der Waals surface area contributed by atoms with Gasteiger partial charge in [-0.15, -0.1) is 0 Å². The summed E-state index contributed by atoms with van der Waals surface area (Å²) < 4.78 is 18.5. The van der Waals surface area contributed by atoms with Gasteiger partial charge in [0.05, 0.1) is 16.1 Å². The maximum Gasteiger partial charge on any atom is 0.259 e. The van der Waals surface area contributed by atoms with Crippen LogP contribution >= 0.6 is 11.6 Å². The minimum absolute atomic E-state index is 0.0587. The Bertz CT molecular complexity index is 745. The van der Waals surface area contributed by atoms with Crippen LogP contribution in [0.4, 0.5) is 4.39 Å². The van der Waals surface area contributed by atoms with Gasteiger partial charge in [-0.1, -0.05) is 11.6 Å². The zero-order valence-corrected chi connectivity index (χ0v) is 10.7. The second-order valence-electron chi connectivity index (χ2n) is 4.17. The number of halogens is 2. The lowest BCUT2D eigenvalue weighted by Crippen LogP contribution is -2.19. The molecule has 0 saturated heterocycles. The third kappa shape index (κ3) is 2.12. The fourth-order valence-electron chi connectivity index (χ4n) is 1.89. The van der Waals surface area contributed by atoms with E-state index in [1.165, 1.54) is 30.3 Å². The molecule has 1 heterocycles. The standard InChI is InChI=1S/C14H7ClFNO3/c15-11-6-8(2-4-12(11)16)20-7-1-3-9-10(5-7)14(19)17-13(9)18/h1-6H,(H,17,18,19). The topological polar surface area (TPSA) is 55.4 Å². The van der Waals surface area contributed by atoms with Gasteiger partial charge >= 0.3 is 0 Å². The number of hydrogen-bond acceptors (Lipinski definition) is 3. The van der Waals surface area contributed by atoms with Crippen molar-refractivity contribution in [2.45, 2.75) is 0 Å². The highest BCUT2D eigenvalue weighted by Gasteiger charge is 2.26. The van der Waals surface area contributed by atoms with Crippen LogP contribution in [0.15, 0.2) is 36.4 Å². The van der Waals surface area contributed by atoms with E-state index >= 15 is 0 Å². The highest BCUT2D eigenvalue weighted by molar-refractivity contribution is 6.30. The Kier molecular flexibility index (Phi) is 2.91. The molecule has 0 aromatic heterocycles. The molecule has 3 rings (SSSR count). The van der Waals surface area contributed by atoms with E-state index < -0.39 is 17.6 Å². The van der Waals surface area contributed by atoms with Gasteiger partial charge in [0.2, 0.25) is 0 Å². The van der Waals surface area contributed by atoms with Gasteiger partial charge in [0.15, 0.2) is 0 Å².